The number of nitrogens with one attached hydrogen (secondary N) is 2. The van der Waals surface area contributed by atoms with Crippen molar-refractivity contribution >= 4 is 23.0 Å². The van der Waals surface area contributed by atoms with Crippen LogP contribution < -0.4 is 10.6 Å². The van der Waals surface area contributed by atoms with Gasteiger partial charge < -0.3 is 10.6 Å². The predicted molar refractivity (Wildman–Crippen MR) is 91.3 cm³/mol. The number of nitro groups is 1. The van der Waals surface area contributed by atoms with Crippen LogP contribution in [0.1, 0.15) is 31.4 Å². The highest BCUT2D eigenvalue weighted by Gasteiger charge is 2.23. The van der Waals surface area contributed by atoms with E-state index >= 15 is 0 Å². The summed E-state index contributed by atoms with van der Waals surface area (Å²) in [6, 6.07) is 5.85. The Morgan fingerprint density at radius 2 is 1.91 bits per heavy atom. The van der Waals surface area contributed by atoms with Gasteiger partial charge in [-0.15, -0.1) is 0 Å². The van der Waals surface area contributed by atoms with Crippen LogP contribution in [0, 0.1) is 24.0 Å². The Hall–Kier alpha value is -2.70. The number of nitrogens with zero attached hydrogens (tertiary/aromatic N) is 3. The van der Waals surface area contributed by atoms with Crippen molar-refractivity contribution in [2.24, 2.45) is 0 Å². The summed E-state index contributed by atoms with van der Waals surface area (Å²) in [5.74, 6) is 0.407. The molecule has 7 nitrogen and oxygen atoms in total. The van der Waals surface area contributed by atoms with Gasteiger partial charge in [0.05, 0.1) is 4.92 Å². The molecule has 1 unspecified atom stereocenters. The maximum atomic E-state index is 11.5. The first kappa shape index (κ1) is 16.7. The first-order valence-electron chi connectivity index (χ1n) is 7.52. The van der Waals surface area contributed by atoms with Crippen molar-refractivity contribution in [2.45, 2.75) is 40.2 Å². The standard InChI is InChI=1S/C16H21N5O2/c1-5-12(4)19-15-14(21(22)23)16(18-9-17-15)20-13-7-6-10(2)11(3)8-13/h6-9,12H,5H2,1-4H3,(H2,17,18,19,20). The van der Waals surface area contributed by atoms with Gasteiger partial charge in [0.2, 0.25) is 11.6 Å². The summed E-state index contributed by atoms with van der Waals surface area (Å²) >= 11 is 0. The van der Waals surface area contributed by atoms with Crippen LogP contribution >= 0.6 is 0 Å². The summed E-state index contributed by atoms with van der Waals surface area (Å²) in [5.41, 5.74) is 2.87. The van der Waals surface area contributed by atoms with E-state index in [-0.39, 0.29) is 23.4 Å². The zero-order chi connectivity index (χ0) is 17.0. The number of aromatic nitrogens is 2. The normalized spacial score (nSPS) is 11.8. The molecule has 122 valence electrons. The van der Waals surface area contributed by atoms with E-state index in [0.29, 0.717) is 0 Å². The molecule has 0 bridgehead atoms. The van der Waals surface area contributed by atoms with Crippen molar-refractivity contribution in [2.75, 3.05) is 10.6 Å². The predicted octanol–water partition coefficient (Wildman–Crippen LogP) is 3.96. The number of anilines is 3. The fraction of sp³-hybridized carbons (Fsp3) is 0.375. The Balaban J connectivity index is 2.39. The van der Waals surface area contributed by atoms with Crippen molar-refractivity contribution < 1.29 is 4.92 Å². The summed E-state index contributed by atoms with van der Waals surface area (Å²) in [6.07, 6.45) is 2.15. The minimum atomic E-state index is -0.464. The summed E-state index contributed by atoms with van der Waals surface area (Å²) in [4.78, 5) is 19.1. The van der Waals surface area contributed by atoms with E-state index in [1.54, 1.807) is 0 Å². The van der Waals surface area contributed by atoms with Gasteiger partial charge in [-0.2, -0.15) is 0 Å². The molecule has 2 aromatic rings. The zero-order valence-electron chi connectivity index (χ0n) is 13.8. The van der Waals surface area contributed by atoms with Crippen LogP contribution in [0.4, 0.5) is 23.0 Å². The number of hydrogen-bond acceptors (Lipinski definition) is 6. The second-order valence-electron chi connectivity index (χ2n) is 5.55. The summed E-state index contributed by atoms with van der Waals surface area (Å²) < 4.78 is 0. The first-order valence-corrected chi connectivity index (χ1v) is 7.52. The molecule has 0 aliphatic carbocycles. The van der Waals surface area contributed by atoms with Crippen LogP contribution in [0.3, 0.4) is 0 Å². The lowest BCUT2D eigenvalue weighted by Crippen LogP contribution is -2.16. The highest BCUT2D eigenvalue weighted by atomic mass is 16.6. The van der Waals surface area contributed by atoms with E-state index in [0.717, 1.165) is 23.2 Å². The van der Waals surface area contributed by atoms with Gasteiger partial charge in [-0.3, -0.25) is 10.1 Å². The smallest absolute Gasteiger partial charge is 0.353 e. The topological polar surface area (TPSA) is 93.0 Å². The number of aryl methyl sites for hydroxylation is 2. The monoisotopic (exact) mass is 315 g/mol. The maximum absolute atomic E-state index is 11.5. The zero-order valence-corrected chi connectivity index (χ0v) is 13.8. The molecule has 23 heavy (non-hydrogen) atoms. The van der Waals surface area contributed by atoms with Crippen molar-refractivity contribution in [3.05, 3.63) is 45.8 Å². The largest absolute Gasteiger partial charge is 0.362 e. The molecular formula is C16H21N5O2. The first-order chi connectivity index (χ1) is 10.9. The molecule has 0 amide bonds. The number of benzene rings is 1. The van der Waals surface area contributed by atoms with Crippen molar-refractivity contribution in [1.82, 2.24) is 9.97 Å². The second kappa shape index (κ2) is 7.04. The van der Waals surface area contributed by atoms with E-state index in [2.05, 4.69) is 20.6 Å². The molecule has 0 fully saturated rings. The van der Waals surface area contributed by atoms with Gasteiger partial charge in [-0.1, -0.05) is 13.0 Å². The lowest BCUT2D eigenvalue weighted by atomic mass is 10.1. The van der Waals surface area contributed by atoms with E-state index in [1.807, 2.05) is 45.9 Å². The van der Waals surface area contributed by atoms with Crippen LogP contribution in [0.2, 0.25) is 0 Å². The van der Waals surface area contributed by atoms with Gasteiger partial charge >= 0.3 is 5.69 Å². The van der Waals surface area contributed by atoms with E-state index in [4.69, 9.17) is 0 Å². The SMILES string of the molecule is CCC(C)Nc1ncnc(Nc2ccc(C)c(C)c2)c1[N+](=O)[O-]. The molecule has 2 rings (SSSR count). The molecule has 2 N–H and O–H groups in total. The van der Waals surface area contributed by atoms with Crippen molar-refractivity contribution in [1.29, 1.82) is 0 Å². The van der Waals surface area contributed by atoms with Crippen molar-refractivity contribution in [3.63, 3.8) is 0 Å². The maximum Gasteiger partial charge on any atom is 0.353 e. The molecule has 0 aliphatic rings. The molecule has 0 saturated carbocycles. The molecule has 0 aliphatic heterocycles. The summed E-state index contributed by atoms with van der Waals surface area (Å²) in [6.45, 7) is 7.95. The Kier molecular flexibility index (Phi) is 5.10. The Bertz CT molecular complexity index is 718. The van der Waals surface area contributed by atoms with Gasteiger partial charge in [0.1, 0.15) is 6.33 Å². The van der Waals surface area contributed by atoms with Gasteiger partial charge in [0, 0.05) is 11.7 Å². The third kappa shape index (κ3) is 3.94. The van der Waals surface area contributed by atoms with E-state index in [9.17, 15) is 10.1 Å². The molecule has 1 aromatic heterocycles. The number of rotatable bonds is 6. The van der Waals surface area contributed by atoms with Gasteiger partial charge in [0.25, 0.3) is 0 Å². The lowest BCUT2D eigenvalue weighted by Gasteiger charge is -2.14. The highest BCUT2D eigenvalue weighted by Crippen LogP contribution is 2.32. The fourth-order valence-corrected chi connectivity index (χ4v) is 2.04. The summed E-state index contributed by atoms with van der Waals surface area (Å²) in [7, 11) is 0. The van der Waals surface area contributed by atoms with Crippen LogP contribution in [0.15, 0.2) is 24.5 Å². The molecule has 0 radical (unpaired) electrons. The van der Waals surface area contributed by atoms with Crippen molar-refractivity contribution in [3.8, 4) is 0 Å². The Morgan fingerprint density at radius 1 is 1.22 bits per heavy atom. The molecular weight excluding hydrogens is 294 g/mol. The molecule has 0 spiro atoms. The average molecular weight is 315 g/mol. The summed E-state index contributed by atoms with van der Waals surface area (Å²) in [5, 5.41) is 17.5. The Labute approximate surface area is 135 Å². The highest BCUT2D eigenvalue weighted by molar-refractivity contribution is 5.74. The van der Waals surface area contributed by atoms with Crippen LogP contribution in [0.5, 0.6) is 0 Å². The van der Waals surface area contributed by atoms with Crippen LogP contribution in [-0.2, 0) is 0 Å². The van der Waals surface area contributed by atoms with Gasteiger partial charge in [0.15, 0.2) is 0 Å². The quantitative estimate of drug-likeness (QED) is 0.619. The van der Waals surface area contributed by atoms with Crippen LogP contribution in [0.25, 0.3) is 0 Å². The number of hydrogen-bond donors (Lipinski definition) is 2. The molecule has 1 atom stereocenters. The molecule has 0 saturated heterocycles. The minimum absolute atomic E-state index is 0.0815. The van der Waals surface area contributed by atoms with Crippen LogP contribution in [-0.4, -0.2) is 20.9 Å². The lowest BCUT2D eigenvalue weighted by molar-refractivity contribution is -0.383. The molecule has 1 heterocycles. The molecule has 1 aromatic carbocycles. The molecule has 7 heteroatoms. The third-order valence-electron chi connectivity index (χ3n) is 3.77. The second-order valence-corrected chi connectivity index (χ2v) is 5.55. The minimum Gasteiger partial charge on any atom is -0.362 e. The van der Waals surface area contributed by atoms with Gasteiger partial charge in [-0.25, -0.2) is 9.97 Å². The van der Waals surface area contributed by atoms with E-state index < -0.39 is 4.92 Å². The third-order valence-corrected chi connectivity index (χ3v) is 3.77. The van der Waals surface area contributed by atoms with E-state index in [1.165, 1.54) is 6.33 Å². The van der Waals surface area contributed by atoms with Gasteiger partial charge in [-0.05, 0) is 50.5 Å². The average Bonchev–Trinajstić information content (AvgIpc) is 2.50. The fourth-order valence-electron chi connectivity index (χ4n) is 2.04. The Morgan fingerprint density at radius 3 is 2.52 bits per heavy atom.